The van der Waals surface area contributed by atoms with Crippen molar-refractivity contribution in [2.45, 2.75) is 20.8 Å². The molecule has 0 aliphatic heterocycles. The molecule has 0 aliphatic carbocycles. The van der Waals surface area contributed by atoms with Crippen LogP contribution >= 0.6 is 0 Å². The van der Waals surface area contributed by atoms with Gasteiger partial charge < -0.3 is 10.1 Å². The molecule has 1 N–H and O–H groups in total. The lowest BCUT2D eigenvalue weighted by atomic mass is 10.1. The van der Waals surface area contributed by atoms with Gasteiger partial charge in [0, 0.05) is 5.69 Å². The van der Waals surface area contributed by atoms with E-state index in [2.05, 4.69) is 36.5 Å². The minimum atomic E-state index is -0.170. The van der Waals surface area contributed by atoms with Crippen molar-refractivity contribution in [3.05, 3.63) is 83.4 Å². The Morgan fingerprint density at radius 1 is 0.846 bits per heavy atom. The molecule has 0 saturated heterocycles. The van der Waals surface area contributed by atoms with Crippen molar-refractivity contribution in [2.75, 3.05) is 11.9 Å². The first-order valence-corrected chi connectivity index (χ1v) is 8.69. The van der Waals surface area contributed by atoms with E-state index in [9.17, 15) is 4.79 Å². The average molecular weight is 345 g/mol. The smallest absolute Gasteiger partial charge is 0.262 e. The lowest BCUT2D eigenvalue weighted by molar-refractivity contribution is -0.118. The molecule has 132 valence electrons. The van der Waals surface area contributed by atoms with Gasteiger partial charge in [-0.15, -0.1) is 0 Å². The van der Waals surface area contributed by atoms with Gasteiger partial charge in [0.1, 0.15) is 5.75 Å². The molecule has 3 aromatic rings. The Kier molecular flexibility index (Phi) is 5.37. The van der Waals surface area contributed by atoms with E-state index in [0.717, 1.165) is 33.7 Å². The topological polar surface area (TPSA) is 38.3 Å². The molecule has 0 aliphatic rings. The van der Waals surface area contributed by atoms with Crippen molar-refractivity contribution in [3.63, 3.8) is 0 Å². The van der Waals surface area contributed by atoms with Crippen LogP contribution in [0.25, 0.3) is 11.1 Å². The Bertz CT molecular complexity index is 876. The fourth-order valence-corrected chi connectivity index (χ4v) is 3.11. The van der Waals surface area contributed by atoms with Crippen molar-refractivity contribution in [1.82, 2.24) is 0 Å². The minimum Gasteiger partial charge on any atom is -0.483 e. The summed E-state index contributed by atoms with van der Waals surface area (Å²) in [6.45, 7) is 6.03. The summed E-state index contributed by atoms with van der Waals surface area (Å²) in [5.74, 6) is 0.613. The Morgan fingerprint density at radius 2 is 1.42 bits per heavy atom. The van der Waals surface area contributed by atoms with Gasteiger partial charge in [0.25, 0.3) is 5.91 Å². The summed E-state index contributed by atoms with van der Waals surface area (Å²) in [7, 11) is 0. The van der Waals surface area contributed by atoms with E-state index in [4.69, 9.17) is 4.74 Å². The van der Waals surface area contributed by atoms with Crippen LogP contribution in [0, 0.1) is 20.8 Å². The van der Waals surface area contributed by atoms with Gasteiger partial charge in [-0.3, -0.25) is 4.79 Å². The molecule has 3 heteroatoms. The molecule has 0 unspecified atom stereocenters. The molecule has 0 fully saturated rings. The lowest BCUT2D eigenvalue weighted by Gasteiger charge is -2.13. The van der Waals surface area contributed by atoms with Crippen molar-refractivity contribution >= 4 is 11.6 Å². The minimum absolute atomic E-state index is 0.00875. The molecule has 1 amide bonds. The second-order valence-electron chi connectivity index (χ2n) is 6.51. The monoisotopic (exact) mass is 345 g/mol. The number of ether oxygens (including phenoxy) is 1. The third kappa shape index (κ3) is 4.31. The summed E-state index contributed by atoms with van der Waals surface area (Å²) >= 11 is 0. The predicted octanol–water partition coefficient (Wildman–Crippen LogP) is 5.30. The molecule has 0 atom stereocenters. The van der Waals surface area contributed by atoms with E-state index < -0.39 is 0 Å². The van der Waals surface area contributed by atoms with Crippen LogP contribution in [-0.4, -0.2) is 12.5 Å². The summed E-state index contributed by atoms with van der Waals surface area (Å²) in [4.78, 5) is 12.2. The summed E-state index contributed by atoms with van der Waals surface area (Å²) in [6, 6.07) is 22.1. The van der Waals surface area contributed by atoms with Crippen LogP contribution in [0.2, 0.25) is 0 Å². The van der Waals surface area contributed by atoms with Gasteiger partial charge in [0.2, 0.25) is 0 Å². The standard InChI is InChI=1S/C23H23NO2/c1-16-13-17(2)23(18(3)14-16)26-15-22(25)24-21-11-9-20(10-12-21)19-7-5-4-6-8-19/h4-14H,15H2,1-3H3,(H,24,25). The summed E-state index contributed by atoms with van der Waals surface area (Å²) in [6.07, 6.45) is 0. The maximum absolute atomic E-state index is 12.2. The van der Waals surface area contributed by atoms with Crippen LogP contribution in [0.5, 0.6) is 5.75 Å². The summed E-state index contributed by atoms with van der Waals surface area (Å²) in [5.41, 5.74) is 6.31. The highest BCUT2D eigenvalue weighted by molar-refractivity contribution is 5.92. The van der Waals surface area contributed by atoms with Crippen molar-refractivity contribution < 1.29 is 9.53 Å². The van der Waals surface area contributed by atoms with E-state index in [1.54, 1.807) is 0 Å². The molecule has 0 heterocycles. The van der Waals surface area contributed by atoms with E-state index >= 15 is 0 Å². The van der Waals surface area contributed by atoms with Gasteiger partial charge >= 0.3 is 0 Å². The third-order valence-corrected chi connectivity index (χ3v) is 4.23. The van der Waals surface area contributed by atoms with Crippen LogP contribution in [0.1, 0.15) is 16.7 Å². The highest BCUT2D eigenvalue weighted by atomic mass is 16.5. The zero-order valence-corrected chi connectivity index (χ0v) is 15.4. The van der Waals surface area contributed by atoms with Gasteiger partial charge in [0.15, 0.2) is 6.61 Å². The number of aryl methyl sites for hydroxylation is 3. The van der Waals surface area contributed by atoms with Crippen molar-refractivity contribution in [3.8, 4) is 16.9 Å². The quantitative estimate of drug-likeness (QED) is 0.682. The fraction of sp³-hybridized carbons (Fsp3) is 0.174. The number of rotatable bonds is 5. The Hall–Kier alpha value is -3.07. The third-order valence-electron chi connectivity index (χ3n) is 4.23. The first-order valence-electron chi connectivity index (χ1n) is 8.69. The molecule has 0 aromatic heterocycles. The Morgan fingerprint density at radius 3 is 2.04 bits per heavy atom. The van der Waals surface area contributed by atoms with Crippen LogP contribution in [0.15, 0.2) is 66.7 Å². The van der Waals surface area contributed by atoms with Crippen molar-refractivity contribution in [2.24, 2.45) is 0 Å². The molecular formula is C23H23NO2. The highest BCUT2D eigenvalue weighted by Gasteiger charge is 2.09. The van der Waals surface area contributed by atoms with Gasteiger partial charge in [-0.05, 0) is 55.2 Å². The number of anilines is 1. The molecule has 3 aromatic carbocycles. The molecule has 0 bridgehead atoms. The predicted molar refractivity (Wildman–Crippen MR) is 107 cm³/mol. The van der Waals surface area contributed by atoms with Crippen LogP contribution in [-0.2, 0) is 4.79 Å². The Labute approximate surface area is 154 Å². The lowest BCUT2D eigenvalue weighted by Crippen LogP contribution is -2.20. The molecule has 3 rings (SSSR count). The number of hydrogen-bond donors (Lipinski definition) is 1. The maximum Gasteiger partial charge on any atom is 0.262 e. The van der Waals surface area contributed by atoms with E-state index in [0.29, 0.717) is 0 Å². The molecular weight excluding hydrogens is 322 g/mol. The van der Waals surface area contributed by atoms with Crippen LogP contribution in [0.4, 0.5) is 5.69 Å². The fourth-order valence-electron chi connectivity index (χ4n) is 3.11. The zero-order chi connectivity index (χ0) is 18.5. The normalized spacial score (nSPS) is 10.4. The molecule has 0 saturated carbocycles. The first-order chi connectivity index (χ1) is 12.5. The van der Waals surface area contributed by atoms with Gasteiger partial charge in [-0.2, -0.15) is 0 Å². The Balaban J connectivity index is 1.60. The van der Waals surface area contributed by atoms with Gasteiger partial charge in [-0.1, -0.05) is 60.2 Å². The second kappa shape index (κ2) is 7.87. The number of carbonyl (C=O) groups is 1. The van der Waals surface area contributed by atoms with Crippen LogP contribution in [0.3, 0.4) is 0 Å². The van der Waals surface area contributed by atoms with Crippen LogP contribution < -0.4 is 10.1 Å². The van der Waals surface area contributed by atoms with E-state index in [1.807, 2.05) is 56.3 Å². The molecule has 0 radical (unpaired) electrons. The van der Waals surface area contributed by atoms with Crippen molar-refractivity contribution in [1.29, 1.82) is 0 Å². The second-order valence-corrected chi connectivity index (χ2v) is 6.51. The van der Waals surface area contributed by atoms with Gasteiger partial charge in [0.05, 0.1) is 0 Å². The summed E-state index contributed by atoms with van der Waals surface area (Å²) < 4.78 is 5.74. The molecule has 0 spiro atoms. The number of nitrogens with one attached hydrogen (secondary N) is 1. The average Bonchev–Trinajstić information content (AvgIpc) is 2.62. The molecule has 26 heavy (non-hydrogen) atoms. The molecule has 3 nitrogen and oxygen atoms in total. The SMILES string of the molecule is Cc1cc(C)c(OCC(=O)Nc2ccc(-c3ccccc3)cc2)c(C)c1. The highest BCUT2D eigenvalue weighted by Crippen LogP contribution is 2.25. The number of hydrogen-bond acceptors (Lipinski definition) is 2. The summed E-state index contributed by atoms with van der Waals surface area (Å²) in [5, 5.41) is 2.88. The first kappa shape index (κ1) is 17.7. The van der Waals surface area contributed by atoms with Gasteiger partial charge in [-0.25, -0.2) is 0 Å². The zero-order valence-electron chi connectivity index (χ0n) is 15.4. The van der Waals surface area contributed by atoms with E-state index in [-0.39, 0.29) is 12.5 Å². The maximum atomic E-state index is 12.2. The largest absolute Gasteiger partial charge is 0.483 e. The number of benzene rings is 3. The number of amides is 1. The number of carbonyl (C=O) groups excluding carboxylic acids is 1. The van der Waals surface area contributed by atoms with E-state index in [1.165, 1.54) is 5.56 Å².